The zero-order valence-electron chi connectivity index (χ0n) is 15.2. The maximum Gasteiger partial charge on any atom is 0.227 e. The first-order chi connectivity index (χ1) is 12.5. The Balaban J connectivity index is 1.67. The Morgan fingerprint density at radius 1 is 1.35 bits per heavy atom. The molecular weight excluding hydrogens is 336 g/mol. The van der Waals surface area contributed by atoms with Crippen molar-refractivity contribution in [1.82, 2.24) is 5.32 Å². The van der Waals surface area contributed by atoms with Gasteiger partial charge in [-0.05, 0) is 18.1 Å². The van der Waals surface area contributed by atoms with Gasteiger partial charge < -0.3 is 24.8 Å². The van der Waals surface area contributed by atoms with Crippen LogP contribution in [0, 0.1) is 11.8 Å². The molecule has 0 spiro atoms. The van der Waals surface area contributed by atoms with Crippen molar-refractivity contribution in [3.63, 3.8) is 0 Å². The van der Waals surface area contributed by atoms with Gasteiger partial charge in [-0.15, -0.1) is 0 Å². The van der Waals surface area contributed by atoms with Gasteiger partial charge in [0.2, 0.25) is 11.8 Å². The number of benzene rings is 1. The second-order valence-electron chi connectivity index (χ2n) is 6.92. The van der Waals surface area contributed by atoms with Gasteiger partial charge in [0, 0.05) is 24.7 Å². The number of hydrogen-bond donors (Lipinski definition) is 2. The molecule has 1 fully saturated rings. The Morgan fingerprint density at radius 3 is 2.77 bits per heavy atom. The van der Waals surface area contributed by atoms with Crippen molar-refractivity contribution in [2.75, 3.05) is 31.3 Å². The molecule has 1 saturated heterocycles. The van der Waals surface area contributed by atoms with Crippen LogP contribution in [0.15, 0.2) is 18.2 Å². The second kappa shape index (κ2) is 7.95. The number of amides is 2. The minimum absolute atomic E-state index is 0.0917. The fraction of sp³-hybridized carbons (Fsp3) is 0.579. The highest BCUT2D eigenvalue weighted by Crippen LogP contribution is 2.36. The predicted octanol–water partition coefficient (Wildman–Crippen LogP) is 1.33. The van der Waals surface area contributed by atoms with Crippen molar-refractivity contribution in [2.45, 2.75) is 32.7 Å². The maximum atomic E-state index is 12.5. The summed E-state index contributed by atoms with van der Waals surface area (Å²) in [6, 6.07) is 5.09. The highest BCUT2D eigenvalue weighted by Gasteiger charge is 2.36. The van der Waals surface area contributed by atoms with Crippen molar-refractivity contribution in [3.8, 4) is 11.5 Å². The summed E-state index contributed by atoms with van der Waals surface area (Å²) in [6.07, 6.45) is 1.03. The molecule has 1 aromatic carbocycles. The Morgan fingerprint density at radius 2 is 2.08 bits per heavy atom. The third-order valence-electron chi connectivity index (χ3n) is 5.19. The number of nitrogens with one attached hydrogen (secondary N) is 1. The standard InChI is InChI=1S/C19H26N2O5/c1-3-12(2)15(11-22)20-19(24)13-8-18(23)21(10-13)14-4-5-16-17(9-14)26-7-6-25-16/h4-5,9,12-13,15,22H,3,6-8,10-11H2,1-2H3,(H,20,24)/t12-,13+,15-/m1/s1. The molecule has 0 aliphatic carbocycles. The van der Waals surface area contributed by atoms with Crippen molar-refractivity contribution >= 4 is 17.5 Å². The first-order valence-electron chi connectivity index (χ1n) is 9.14. The largest absolute Gasteiger partial charge is 0.486 e. The molecule has 2 aliphatic rings. The summed E-state index contributed by atoms with van der Waals surface area (Å²) in [5, 5.41) is 12.4. The van der Waals surface area contributed by atoms with Gasteiger partial charge >= 0.3 is 0 Å². The first kappa shape index (κ1) is 18.5. The number of anilines is 1. The van der Waals surface area contributed by atoms with Gasteiger partial charge in [0.25, 0.3) is 0 Å². The van der Waals surface area contributed by atoms with Crippen LogP contribution >= 0.6 is 0 Å². The van der Waals surface area contributed by atoms with Gasteiger partial charge in [-0.1, -0.05) is 20.3 Å². The summed E-state index contributed by atoms with van der Waals surface area (Å²) in [4.78, 5) is 26.6. The predicted molar refractivity (Wildman–Crippen MR) is 96.4 cm³/mol. The van der Waals surface area contributed by atoms with Crippen LogP contribution in [-0.2, 0) is 9.59 Å². The third-order valence-corrected chi connectivity index (χ3v) is 5.19. The summed E-state index contributed by atoms with van der Waals surface area (Å²) < 4.78 is 11.1. The lowest BCUT2D eigenvalue weighted by Gasteiger charge is -2.24. The van der Waals surface area contributed by atoms with Gasteiger partial charge in [0.15, 0.2) is 11.5 Å². The molecule has 26 heavy (non-hydrogen) atoms. The Labute approximate surface area is 153 Å². The molecular formula is C19H26N2O5. The van der Waals surface area contributed by atoms with E-state index in [0.717, 1.165) is 6.42 Å². The Hall–Kier alpha value is -2.28. The number of aliphatic hydroxyl groups is 1. The molecule has 7 heteroatoms. The van der Waals surface area contributed by atoms with Crippen molar-refractivity contribution in [1.29, 1.82) is 0 Å². The summed E-state index contributed by atoms with van der Waals surface area (Å²) in [5.41, 5.74) is 0.704. The molecule has 3 atom stereocenters. The van der Waals surface area contributed by atoms with Crippen molar-refractivity contribution in [3.05, 3.63) is 18.2 Å². The third kappa shape index (κ3) is 3.77. The average Bonchev–Trinajstić information content (AvgIpc) is 3.06. The first-order valence-corrected chi connectivity index (χ1v) is 9.14. The summed E-state index contributed by atoms with van der Waals surface area (Å²) >= 11 is 0. The van der Waals surface area contributed by atoms with Gasteiger partial charge in [0.05, 0.1) is 18.6 Å². The Bertz CT molecular complexity index is 678. The molecule has 0 radical (unpaired) electrons. The van der Waals surface area contributed by atoms with E-state index >= 15 is 0 Å². The van der Waals surface area contributed by atoms with E-state index in [0.29, 0.717) is 36.9 Å². The summed E-state index contributed by atoms with van der Waals surface area (Å²) in [6.45, 7) is 5.22. The molecule has 2 amide bonds. The minimum Gasteiger partial charge on any atom is -0.486 e. The zero-order chi connectivity index (χ0) is 18.7. The van der Waals surface area contributed by atoms with Crippen LogP contribution in [0.2, 0.25) is 0 Å². The minimum atomic E-state index is -0.422. The van der Waals surface area contributed by atoms with E-state index in [2.05, 4.69) is 5.32 Å². The van der Waals surface area contributed by atoms with E-state index in [9.17, 15) is 14.7 Å². The Kier molecular flexibility index (Phi) is 5.66. The smallest absolute Gasteiger partial charge is 0.227 e. The summed E-state index contributed by atoms with van der Waals surface area (Å²) in [5.74, 6) is 0.763. The highest BCUT2D eigenvalue weighted by molar-refractivity contribution is 6.00. The van der Waals surface area contributed by atoms with Crippen LogP contribution in [0.25, 0.3) is 0 Å². The number of carbonyl (C=O) groups is 2. The van der Waals surface area contributed by atoms with Crippen LogP contribution in [0.4, 0.5) is 5.69 Å². The topological polar surface area (TPSA) is 88.1 Å². The number of ether oxygens (including phenoxy) is 2. The van der Waals surface area contributed by atoms with Crippen molar-refractivity contribution < 1.29 is 24.2 Å². The van der Waals surface area contributed by atoms with Gasteiger partial charge in [-0.25, -0.2) is 0 Å². The molecule has 0 saturated carbocycles. The fourth-order valence-corrected chi connectivity index (χ4v) is 3.29. The molecule has 0 bridgehead atoms. The lowest BCUT2D eigenvalue weighted by Crippen LogP contribution is -2.45. The zero-order valence-corrected chi connectivity index (χ0v) is 15.2. The number of rotatable bonds is 6. The quantitative estimate of drug-likeness (QED) is 0.797. The maximum absolute atomic E-state index is 12.5. The van der Waals surface area contributed by atoms with E-state index in [-0.39, 0.29) is 36.8 Å². The SMILES string of the molecule is CC[C@@H](C)[C@@H](CO)NC(=O)[C@H]1CC(=O)N(c2ccc3c(c2)OCCO3)C1. The van der Waals surface area contributed by atoms with Crippen LogP contribution in [-0.4, -0.2) is 49.3 Å². The lowest BCUT2D eigenvalue weighted by molar-refractivity contribution is -0.127. The number of nitrogens with zero attached hydrogens (tertiary/aromatic N) is 1. The number of carbonyl (C=O) groups excluding carboxylic acids is 2. The van der Waals surface area contributed by atoms with E-state index in [1.165, 1.54) is 0 Å². The van der Waals surface area contributed by atoms with E-state index < -0.39 is 5.92 Å². The normalized spacial score (nSPS) is 21.4. The molecule has 142 valence electrons. The molecule has 7 nitrogen and oxygen atoms in total. The van der Waals surface area contributed by atoms with Crippen LogP contribution in [0.3, 0.4) is 0 Å². The number of aliphatic hydroxyl groups excluding tert-OH is 1. The molecule has 3 rings (SSSR count). The van der Waals surface area contributed by atoms with Crippen LogP contribution in [0.1, 0.15) is 26.7 Å². The molecule has 2 N–H and O–H groups in total. The second-order valence-corrected chi connectivity index (χ2v) is 6.92. The number of hydrogen-bond acceptors (Lipinski definition) is 5. The van der Waals surface area contributed by atoms with Crippen molar-refractivity contribution in [2.24, 2.45) is 11.8 Å². The van der Waals surface area contributed by atoms with Gasteiger partial charge in [-0.2, -0.15) is 0 Å². The number of fused-ring (bicyclic) bond motifs is 1. The fourth-order valence-electron chi connectivity index (χ4n) is 3.29. The van der Waals surface area contributed by atoms with Crippen LogP contribution < -0.4 is 19.7 Å². The van der Waals surface area contributed by atoms with E-state index in [4.69, 9.17) is 9.47 Å². The van der Waals surface area contributed by atoms with E-state index in [1.807, 2.05) is 13.8 Å². The van der Waals surface area contributed by atoms with Crippen LogP contribution in [0.5, 0.6) is 11.5 Å². The summed E-state index contributed by atoms with van der Waals surface area (Å²) in [7, 11) is 0. The molecule has 2 aliphatic heterocycles. The lowest BCUT2D eigenvalue weighted by atomic mass is 9.98. The molecule has 1 aromatic rings. The van der Waals surface area contributed by atoms with E-state index in [1.54, 1.807) is 23.1 Å². The van der Waals surface area contributed by atoms with Gasteiger partial charge in [0.1, 0.15) is 13.2 Å². The molecule has 2 heterocycles. The molecule has 0 aromatic heterocycles. The average molecular weight is 362 g/mol. The monoisotopic (exact) mass is 362 g/mol. The highest BCUT2D eigenvalue weighted by atomic mass is 16.6. The molecule has 0 unspecified atom stereocenters. The van der Waals surface area contributed by atoms with Gasteiger partial charge in [-0.3, -0.25) is 9.59 Å².